The second kappa shape index (κ2) is 8.62. The van der Waals surface area contributed by atoms with Gasteiger partial charge in [-0.2, -0.15) is 0 Å². The van der Waals surface area contributed by atoms with E-state index in [2.05, 4.69) is 27.4 Å². The van der Waals surface area contributed by atoms with Gasteiger partial charge in [0.1, 0.15) is 0 Å². The van der Waals surface area contributed by atoms with E-state index in [-0.39, 0.29) is 16.7 Å². The van der Waals surface area contributed by atoms with Crippen LogP contribution >= 0.6 is 39.0 Å². The van der Waals surface area contributed by atoms with Gasteiger partial charge in [0.15, 0.2) is 5.16 Å². The van der Waals surface area contributed by atoms with Crippen LogP contribution in [0.15, 0.2) is 44.1 Å². The topological polar surface area (TPSA) is 55.2 Å². The van der Waals surface area contributed by atoms with Crippen LogP contribution in [-0.4, -0.2) is 32.2 Å². The van der Waals surface area contributed by atoms with Crippen LogP contribution in [0.4, 0.5) is 0 Å². The molecule has 0 saturated carbocycles. The Labute approximate surface area is 186 Å². The summed E-state index contributed by atoms with van der Waals surface area (Å²) < 4.78 is 2.56. The number of benzene rings is 1. The first-order valence-corrected chi connectivity index (χ1v) is 12.2. The maximum atomic E-state index is 13.1. The van der Waals surface area contributed by atoms with E-state index in [1.54, 1.807) is 15.9 Å². The van der Waals surface area contributed by atoms with Gasteiger partial charge in [0, 0.05) is 29.0 Å². The normalized spacial score (nSPS) is 14.8. The summed E-state index contributed by atoms with van der Waals surface area (Å²) in [5.74, 6) is 0.0973. The molecule has 2 aromatic heterocycles. The number of amides is 1. The predicted molar refractivity (Wildman–Crippen MR) is 123 cm³/mol. The molecular formula is C21H22BrN3O2S2. The van der Waals surface area contributed by atoms with Crippen molar-refractivity contribution < 1.29 is 4.79 Å². The van der Waals surface area contributed by atoms with E-state index in [1.807, 2.05) is 36.9 Å². The summed E-state index contributed by atoms with van der Waals surface area (Å²) >= 11 is 6.58. The molecule has 1 aliphatic rings. The monoisotopic (exact) mass is 491 g/mol. The molecule has 1 atom stereocenters. The predicted octanol–water partition coefficient (Wildman–Crippen LogP) is 4.70. The van der Waals surface area contributed by atoms with Crippen LogP contribution in [0, 0.1) is 0 Å². The zero-order chi connectivity index (χ0) is 20.5. The minimum atomic E-state index is -0.307. The zero-order valence-corrected chi connectivity index (χ0v) is 19.6. The smallest absolute Gasteiger partial charge is 0.262 e. The van der Waals surface area contributed by atoms with Gasteiger partial charge in [-0.1, -0.05) is 34.6 Å². The third-order valence-electron chi connectivity index (χ3n) is 5.08. The average molecular weight is 492 g/mol. The molecule has 1 aliphatic heterocycles. The highest BCUT2D eigenvalue weighted by atomic mass is 79.9. The molecule has 152 valence electrons. The lowest BCUT2D eigenvalue weighted by atomic mass is 10.1. The molecule has 0 saturated heterocycles. The largest absolute Gasteiger partial charge is 0.337 e. The summed E-state index contributed by atoms with van der Waals surface area (Å²) in [5.41, 5.74) is 1.86. The summed E-state index contributed by atoms with van der Waals surface area (Å²) in [5, 5.41) is 2.99. The number of nitrogens with zero attached hydrogens (tertiary/aromatic N) is 3. The van der Waals surface area contributed by atoms with Gasteiger partial charge in [0.25, 0.3) is 5.56 Å². The number of thioether (sulfide) groups is 1. The van der Waals surface area contributed by atoms with Gasteiger partial charge in [-0.25, -0.2) is 4.98 Å². The molecule has 0 radical (unpaired) electrons. The van der Waals surface area contributed by atoms with Crippen molar-refractivity contribution >= 4 is 55.8 Å². The van der Waals surface area contributed by atoms with Crippen molar-refractivity contribution in [1.82, 2.24) is 14.5 Å². The number of hydrogen-bond donors (Lipinski definition) is 0. The summed E-state index contributed by atoms with van der Waals surface area (Å²) in [6, 6.07) is 7.65. The fourth-order valence-electron chi connectivity index (χ4n) is 3.59. The molecule has 3 heterocycles. The number of carbonyl (C=O) groups is 1. The van der Waals surface area contributed by atoms with Crippen molar-refractivity contribution in [1.29, 1.82) is 0 Å². The SMILES string of the molecule is CCCn1c(SC(C)C(=O)N2CCc3sccc3C2)nc2ccc(Br)cc2c1=O. The third-order valence-corrected chi connectivity index (χ3v) is 7.67. The van der Waals surface area contributed by atoms with Gasteiger partial charge in [0.05, 0.1) is 16.2 Å². The van der Waals surface area contributed by atoms with Crippen molar-refractivity contribution in [3.8, 4) is 0 Å². The Hall–Kier alpha value is -1.64. The van der Waals surface area contributed by atoms with Crippen LogP contribution in [0.25, 0.3) is 10.9 Å². The minimum absolute atomic E-state index is 0.0545. The van der Waals surface area contributed by atoms with Crippen molar-refractivity contribution in [2.24, 2.45) is 0 Å². The van der Waals surface area contributed by atoms with E-state index in [9.17, 15) is 9.59 Å². The molecule has 0 aliphatic carbocycles. The van der Waals surface area contributed by atoms with E-state index in [1.165, 1.54) is 22.2 Å². The van der Waals surface area contributed by atoms with Crippen LogP contribution in [0.1, 0.15) is 30.7 Å². The number of fused-ring (bicyclic) bond motifs is 2. The standard InChI is InChI=1S/C21H22BrN3O2S2/c1-3-8-25-20(27)16-11-15(22)4-5-17(16)23-21(25)29-13(2)19(26)24-9-6-18-14(12-24)7-10-28-18/h4-5,7,10-11,13H,3,6,8-9,12H2,1-2H3. The van der Waals surface area contributed by atoms with E-state index >= 15 is 0 Å². The van der Waals surface area contributed by atoms with Crippen LogP contribution < -0.4 is 5.56 Å². The molecule has 0 bridgehead atoms. The summed E-state index contributed by atoms with van der Waals surface area (Å²) in [4.78, 5) is 34.2. The minimum Gasteiger partial charge on any atom is -0.337 e. The van der Waals surface area contributed by atoms with Crippen LogP contribution in [0.3, 0.4) is 0 Å². The molecule has 0 spiro atoms. The Bertz CT molecular complexity index is 1120. The Morgan fingerprint density at radius 1 is 1.38 bits per heavy atom. The van der Waals surface area contributed by atoms with Gasteiger partial charge in [-0.05, 0) is 55.0 Å². The first kappa shape index (κ1) is 20.6. The van der Waals surface area contributed by atoms with Gasteiger partial charge >= 0.3 is 0 Å². The van der Waals surface area contributed by atoms with Gasteiger partial charge in [-0.15, -0.1) is 11.3 Å². The number of hydrogen-bond acceptors (Lipinski definition) is 5. The fourth-order valence-corrected chi connectivity index (χ4v) is 5.86. The average Bonchev–Trinajstić information content (AvgIpc) is 3.18. The van der Waals surface area contributed by atoms with Crippen LogP contribution in [0.2, 0.25) is 0 Å². The van der Waals surface area contributed by atoms with Crippen molar-refractivity contribution in [2.75, 3.05) is 6.54 Å². The van der Waals surface area contributed by atoms with Crippen LogP contribution in [-0.2, 0) is 24.3 Å². The van der Waals surface area contributed by atoms with Crippen molar-refractivity contribution in [3.63, 3.8) is 0 Å². The van der Waals surface area contributed by atoms with Crippen molar-refractivity contribution in [2.45, 2.75) is 50.2 Å². The molecule has 5 nitrogen and oxygen atoms in total. The molecule has 0 N–H and O–H groups in total. The maximum absolute atomic E-state index is 13.1. The number of rotatable bonds is 5. The molecular weight excluding hydrogens is 470 g/mol. The van der Waals surface area contributed by atoms with E-state index in [0.29, 0.717) is 29.1 Å². The first-order chi connectivity index (χ1) is 14.0. The Kier molecular flexibility index (Phi) is 6.13. The molecule has 1 unspecified atom stereocenters. The lowest BCUT2D eigenvalue weighted by molar-refractivity contribution is -0.131. The van der Waals surface area contributed by atoms with Gasteiger partial charge in [0.2, 0.25) is 5.91 Å². The molecule has 0 fully saturated rings. The number of aromatic nitrogens is 2. The molecule has 3 aromatic rings. The summed E-state index contributed by atoms with van der Waals surface area (Å²) in [6.45, 7) is 5.94. The Morgan fingerprint density at radius 2 is 2.21 bits per heavy atom. The lowest BCUT2D eigenvalue weighted by Crippen LogP contribution is -2.40. The van der Waals surface area contributed by atoms with Crippen molar-refractivity contribution in [3.05, 3.63) is 54.9 Å². The quantitative estimate of drug-likeness (QED) is 0.383. The number of carbonyl (C=O) groups excluding carboxylic acids is 1. The first-order valence-electron chi connectivity index (χ1n) is 9.68. The highest BCUT2D eigenvalue weighted by Crippen LogP contribution is 2.28. The second-order valence-corrected chi connectivity index (χ2v) is 10.4. The highest BCUT2D eigenvalue weighted by Gasteiger charge is 2.27. The Morgan fingerprint density at radius 3 is 3.00 bits per heavy atom. The molecule has 4 rings (SSSR count). The Balaban J connectivity index is 1.61. The number of thiophene rings is 1. The third kappa shape index (κ3) is 4.15. The molecule has 8 heteroatoms. The summed E-state index contributed by atoms with van der Waals surface area (Å²) in [6.07, 6.45) is 1.74. The van der Waals surface area contributed by atoms with Crippen LogP contribution in [0.5, 0.6) is 0 Å². The maximum Gasteiger partial charge on any atom is 0.262 e. The summed E-state index contributed by atoms with van der Waals surface area (Å²) in [7, 11) is 0. The van der Waals surface area contributed by atoms with Gasteiger partial charge in [-0.3, -0.25) is 14.2 Å². The van der Waals surface area contributed by atoms with E-state index in [4.69, 9.17) is 4.98 Å². The molecule has 1 amide bonds. The van der Waals surface area contributed by atoms with Gasteiger partial charge < -0.3 is 4.90 Å². The zero-order valence-electron chi connectivity index (χ0n) is 16.4. The van der Waals surface area contributed by atoms with E-state index < -0.39 is 0 Å². The lowest BCUT2D eigenvalue weighted by Gasteiger charge is -2.29. The number of halogens is 1. The highest BCUT2D eigenvalue weighted by molar-refractivity contribution is 9.10. The molecule has 29 heavy (non-hydrogen) atoms. The fraction of sp³-hybridized carbons (Fsp3) is 0.381. The molecule has 1 aromatic carbocycles. The van der Waals surface area contributed by atoms with E-state index in [0.717, 1.165) is 23.9 Å². The second-order valence-electron chi connectivity index (χ2n) is 7.15.